The number of rotatable bonds is 7. The van der Waals surface area contributed by atoms with Gasteiger partial charge in [-0.3, -0.25) is 4.79 Å². The van der Waals surface area contributed by atoms with Crippen LogP contribution < -0.4 is 5.63 Å². The second-order valence-corrected chi connectivity index (χ2v) is 5.83. The Hall–Kier alpha value is -2.44. The third-order valence-electron chi connectivity index (χ3n) is 3.55. The van der Waals surface area contributed by atoms with Crippen LogP contribution in [0.3, 0.4) is 0 Å². The van der Waals surface area contributed by atoms with Gasteiger partial charge in [-0.1, -0.05) is 20.8 Å². The molecule has 0 aliphatic heterocycles. The summed E-state index contributed by atoms with van der Waals surface area (Å²) in [6.45, 7) is 5.14. The second kappa shape index (κ2) is 9.00. The average Bonchev–Trinajstić information content (AvgIpc) is 2.52. The summed E-state index contributed by atoms with van der Waals surface area (Å²) >= 11 is 0. The second-order valence-electron chi connectivity index (χ2n) is 5.83. The topological polar surface area (TPSA) is 106 Å². The SMILES string of the molecule is COC(=O)N=CCCCC(C)c1cc(O)c(C(=O)C(C)C)c(=O)o1. The van der Waals surface area contributed by atoms with Crippen LogP contribution in [0.15, 0.2) is 20.3 Å². The van der Waals surface area contributed by atoms with Crippen molar-refractivity contribution in [3.8, 4) is 5.75 Å². The zero-order chi connectivity index (χ0) is 18.3. The van der Waals surface area contributed by atoms with E-state index in [1.165, 1.54) is 19.4 Å². The molecular weight excluding hydrogens is 314 g/mol. The Morgan fingerprint density at radius 2 is 2.04 bits per heavy atom. The Balaban J connectivity index is 2.74. The molecular formula is C17H23NO6. The number of carbonyl (C=O) groups is 2. The molecule has 24 heavy (non-hydrogen) atoms. The van der Waals surface area contributed by atoms with Crippen LogP contribution in [0.25, 0.3) is 0 Å². The first-order chi connectivity index (χ1) is 11.3. The molecule has 1 heterocycles. The van der Waals surface area contributed by atoms with Crippen molar-refractivity contribution < 1.29 is 23.8 Å². The number of hydrogen-bond acceptors (Lipinski definition) is 6. The van der Waals surface area contributed by atoms with Crippen molar-refractivity contribution in [2.45, 2.75) is 46.0 Å². The van der Waals surface area contributed by atoms with Gasteiger partial charge < -0.3 is 14.3 Å². The molecule has 1 amide bonds. The molecule has 1 unspecified atom stereocenters. The quantitative estimate of drug-likeness (QED) is 0.465. The molecule has 1 aromatic rings. The summed E-state index contributed by atoms with van der Waals surface area (Å²) in [4.78, 5) is 38.3. The number of ketones is 1. The molecule has 0 spiro atoms. The maximum atomic E-state index is 12.0. The number of unbranched alkanes of at least 4 members (excludes halogenated alkanes) is 1. The van der Waals surface area contributed by atoms with Gasteiger partial charge in [-0.05, 0) is 19.3 Å². The zero-order valence-corrected chi connectivity index (χ0v) is 14.4. The molecule has 0 radical (unpaired) electrons. The Kier molecular flexibility index (Phi) is 7.35. The predicted molar refractivity (Wildman–Crippen MR) is 89.0 cm³/mol. The van der Waals surface area contributed by atoms with Crippen LogP contribution in [0.5, 0.6) is 5.75 Å². The lowest BCUT2D eigenvalue weighted by molar-refractivity contribution is 0.0931. The highest BCUT2D eigenvalue weighted by Gasteiger charge is 2.22. The minimum absolute atomic E-state index is 0.127. The van der Waals surface area contributed by atoms with E-state index in [-0.39, 0.29) is 17.2 Å². The highest BCUT2D eigenvalue weighted by molar-refractivity contribution is 5.99. The van der Waals surface area contributed by atoms with Gasteiger partial charge >= 0.3 is 11.7 Å². The molecule has 0 saturated carbocycles. The van der Waals surface area contributed by atoms with Crippen molar-refractivity contribution >= 4 is 18.1 Å². The highest BCUT2D eigenvalue weighted by Crippen LogP contribution is 2.26. The summed E-state index contributed by atoms with van der Waals surface area (Å²) in [6, 6.07) is 1.32. The standard InChI is InChI=1S/C17H23NO6/c1-10(2)15(20)14-12(19)9-13(24-16(14)21)11(3)7-5-6-8-18-17(22)23-4/h8-11,19H,5-7H2,1-4H3. The first-order valence-electron chi connectivity index (χ1n) is 7.79. The Morgan fingerprint density at radius 3 is 2.58 bits per heavy atom. The van der Waals surface area contributed by atoms with E-state index in [9.17, 15) is 19.5 Å². The van der Waals surface area contributed by atoms with Gasteiger partial charge in [0.15, 0.2) is 5.78 Å². The molecule has 0 aliphatic carbocycles. The highest BCUT2D eigenvalue weighted by atomic mass is 16.5. The third-order valence-corrected chi connectivity index (χ3v) is 3.55. The Morgan fingerprint density at radius 1 is 1.38 bits per heavy atom. The van der Waals surface area contributed by atoms with E-state index in [0.717, 1.165) is 0 Å². The summed E-state index contributed by atoms with van der Waals surface area (Å²) in [5.74, 6) is -1.00. The summed E-state index contributed by atoms with van der Waals surface area (Å²) < 4.78 is 9.57. The molecule has 7 heteroatoms. The summed E-state index contributed by atoms with van der Waals surface area (Å²) in [5, 5.41) is 9.98. The van der Waals surface area contributed by atoms with Gasteiger partial charge in [0.1, 0.15) is 17.1 Å². The van der Waals surface area contributed by atoms with Gasteiger partial charge in [0.2, 0.25) is 0 Å². The third kappa shape index (κ3) is 5.33. The molecule has 0 saturated heterocycles. The van der Waals surface area contributed by atoms with Crippen LogP contribution in [-0.2, 0) is 4.74 Å². The molecule has 1 atom stereocenters. The molecule has 1 aromatic heterocycles. The lowest BCUT2D eigenvalue weighted by atomic mass is 9.98. The van der Waals surface area contributed by atoms with E-state index < -0.39 is 23.4 Å². The maximum absolute atomic E-state index is 12.0. The maximum Gasteiger partial charge on any atom is 0.432 e. The van der Waals surface area contributed by atoms with E-state index in [1.807, 2.05) is 6.92 Å². The van der Waals surface area contributed by atoms with Crippen LogP contribution in [0.4, 0.5) is 4.79 Å². The van der Waals surface area contributed by atoms with Crippen molar-refractivity contribution in [1.82, 2.24) is 0 Å². The minimum Gasteiger partial charge on any atom is -0.507 e. The summed E-state index contributed by atoms with van der Waals surface area (Å²) in [6.07, 6.45) is 2.76. The number of Topliss-reactive ketones (excluding diaryl/α,β-unsaturated/α-hetero) is 1. The number of nitrogens with zero attached hydrogens (tertiary/aromatic N) is 1. The Bertz CT molecular complexity index is 674. The molecule has 0 bridgehead atoms. The van der Waals surface area contributed by atoms with Gasteiger partial charge in [-0.2, -0.15) is 4.99 Å². The number of carbonyl (C=O) groups excluding carboxylic acids is 2. The minimum atomic E-state index is -0.817. The fraction of sp³-hybridized carbons (Fsp3) is 0.529. The van der Waals surface area contributed by atoms with E-state index in [1.54, 1.807) is 13.8 Å². The lowest BCUT2D eigenvalue weighted by Gasteiger charge is -2.11. The van der Waals surface area contributed by atoms with Gasteiger partial charge in [-0.25, -0.2) is 9.59 Å². The molecule has 0 aliphatic rings. The molecule has 0 fully saturated rings. The van der Waals surface area contributed by atoms with Crippen molar-refractivity contribution in [1.29, 1.82) is 0 Å². The Labute approximate surface area is 140 Å². The van der Waals surface area contributed by atoms with Crippen molar-refractivity contribution in [3.05, 3.63) is 27.8 Å². The number of amides is 1. The van der Waals surface area contributed by atoms with Gasteiger partial charge in [0, 0.05) is 24.1 Å². The van der Waals surface area contributed by atoms with Gasteiger partial charge in [-0.15, -0.1) is 0 Å². The van der Waals surface area contributed by atoms with E-state index in [4.69, 9.17) is 4.42 Å². The van der Waals surface area contributed by atoms with Crippen LogP contribution in [0.1, 0.15) is 62.1 Å². The lowest BCUT2D eigenvalue weighted by Crippen LogP contribution is -2.19. The largest absolute Gasteiger partial charge is 0.507 e. The molecule has 7 nitrogen and oxygen atoms in total. The van der Waals surface area contributed by atoms with Crippen molar-refractivity contribution in [2.75, 3.05) is 7.11 Å². The first kappa shape index (κ1) is 19.6. The molecule has 132 valence electrons. The number of aromatic hydroxyl groups is 1. The number of methoxy groups -OCH3 is 1. The van der Waals surface area contributed by atoms with Crippen molar-refractivity contribution in [3.63, 3.8) is 0 Å². The van der Waals surface area contributed by atoms with Gasteiger partial charge in [0.25, 0.3) is 0 Å². The number of hydrogen-bond donors (Lipinski definition) is 1. The molecule has 0 aromatic carbocycles. The number of aliphatic imine (C=N–C) groups is 1. The van der Waals surface area contributed by atoms with E-state index in [0.29, 0.717) is 25.0 Å². The van der Waals surface area contributed by atoms with E-state index in [2.05, 4.69) is 9.73 Å². The molecule has 1 N–H and O–H groups in total. The smallest absolute Gasteiger partial charge is 0.432 e. The van der Waals surface area contributed by atoms with Crippen LogP contribution in [-0.4, -0.2) is 30.3 Å². The van der Waals surface area contributed by atoms with Crippen LogP contribution in [0, 0.1) is 5.92 Å². The monoisotopic (exact) mass is 337 g/mol. The fourth-order valence-corrected chi connectivity index (χ4v) is 2.11. The average molecular weight is 337 g/mol. The summed E-state index contributed by atoms with van der Waals surface area (Å²) in [5.41, 5.74) is -1.12. The predicted octanol–water partition coefficient (Wildman–Crippen LogP) is 3.30. The number of ether oxygens (including phenoxy) is 1. The van der Waals surface area contributed by atoms with Gasteiger partial charge in [0.05, 0.1) is 7.11 Å². The van der Waals surface area contributed by atoms with Crippen molar-refractivity contribution in [2.24, 2.45) is 10.9 Å². The zero-order valence-electron chi connectivity index (χ0n) is 14.4. The molecule has 1 rings (SSSR count). The normalized spacial score (nSPS) is 12.5. The van der Waals surface area contributed by atoms with E-state index >= 15 is 0 Å². The fourth-order valence-electron chi connectivity index (χ4n) is 2.11. The van der Waals surface area contributed by atoms with Crippen LogP contribution in [0.2, 0.25) is 0 Å². The first-order valence-corrected chi connectivity index (χ1v) is 7.79. The van der Waals surface area contributed by atoms with Crippen LogP contribution >= 0.6 is 0 Å². The summed E-state index contributed by atoms with van der Waals surface area (Å²) in [7, 11) is 1.25.